The van der Waals surface area contributed by atoms with Gasteiger partial charge >= 0.3 is 11.7 Å². The summed E-state index contributed by atoms with van der Waals surface area (Å²) in [5.41, 5.74) is 1.11. The average Bonchev–Trinajstić information content (AvgIpc) is 2.41. The molecule has 1 aromatic heterocycles. The van der Waals surface area contributed by atoms with Crippen LogP contribution < -0.4 is 10.4 Å². The topological polar surface area (TPSA) is 92.3 Å². The van der Waals surface area contributed by atoms with E-state index in [1.54, 1.807) is 19.1 Å². The number of H-pyrrole nitrogens is 1. The lowest BCUT2D eigenvalue weighted by Gasteiger charge is -2.08. The smallest absolute Gasteiger partial charge is 0.345 e. The van der Waals surface area contributed by atoms with Crippen molar-refractivity contribution in [3.05, 3.63) is 52.2 Å². The first-order chi connectivity index (χ1) is 9.54. The lowest BCUT2D eigenvalue weighted by atomic mass is 10.1. The van der Waals surface area contributed by atoms with Gasteiger partial charge in [-0.15, -0.1) is 0 Å². The summed E-state index contributed by atoms with van der Waals surface area (Å²) < 4.78 is 5.60. The summed E-state index contributed by atoms with van der Waals surface area (Å²) in [5, 5.41) is 8.62. The van der Waals surface area contributed by atoms with Gasteiger partial charge in [0.15, 0.2) is 5.75 Å². The molecule has 20 heavy (non-hydrogen) atoms. The monoisotopic (exact) mass is 274 g/mol. The number of nitrogens with zero attached hydrogens (tertiary/aromatic N) is 1. The third-order valence-corrected chi connectivity index (χ3v) is 2.74. The van der Waals surface area contributed by atoms with E-state index in [0.29, 0.717) is 23.6 Å². The Balaban J connectivity index is 2.06. The number of rotatable bonds is 5. The van der Waals surface area contributed by atoms with E-state index in [9.17, 15) is 9.59 Å². The van der Waals surface area contributed by atoms with E-state index in [0.717, 1.165) is 5.56 Å². The predicted molar refractivity (Wildman–Crippen MR) is 72.1 cm³/mol. The van der Waals surface area contributed by atoms with Gasteiger partial charge in [0.2, 0.25) is 0 Å². The summed E-state index contributed by atoms with van der Waals surface area (Å²) in [4.78, 5) is 27.6. The number of aryl methyl sites for hydroxylation is 2. The fourth-order valence-corrected chi connectivity index (χ4v) is 1.67. The quantitative estimate of drug-likeness (QED) is 0.868. The second kappa shape index (κ2) is 6.01. The highest BCUT2D eigenvalue weighted by molar-refractivity contribution is 5.67. The van der Waals surface area contributed by atoms with Crippen molar-refractivity contribution in [1.29, 1.82) is 0 Å². The number of ether oxygens (including phenoxy) is 1. The number of hydrogen-bond acceptors (Lipinski definition) is 4. The molecule has 0 atom stereocenters. The van der Waals surface area contributed by atoms with Gasteiger partial charge < -0.3 is 14.8 Å². The molecule has 2 rings (SSSR count). The average molecular weight is 274 g/mol. The van der Waals surface area contributed by atoms with Crippen LogP contribution in [0.3, 0.4) is 0 Å². The van der Waals surface area contributed by atoms with Crippen molar-refractivity contribution in [3.63, 3.8) is 0 Å². The number of aromatic amines is 1. The van der Waals surface area contributed by atoms with Crippen molar-refractivity contribution < 1.29 is 14.6 Å². The number of carboxylic acids is 1. The Morgan fingerprint density at radius 2 is 2.05 bits per heavy atom. The fourth-order valence-electron chi connectivity index (χ4n) is 1.67. The molecule has 0 bridgehead atoms. The summed E-state index contributed by atoms with van der Waals surface area (Å²) in [6.07, 6.45) is 1.95. The minimum atomic E-state index is -0.819. The highest BCUT2D eigenvalue weighted by Gasteiger charge is 2.04. The molecular weight excluding hydrogens is 260 g/mol. The van der Waals surface area contributed by atoms with E-state index in [4.69, 9.17) is 9.84 Å². The maximum atomic E-state index is 11.0. The highest BCUT2D eigenvalue weighted by atomic mass is 16.5. The molecule has 2 aromatic rings. The number of benzene rings is 1. The summed E-state index contributed by atoms with van der Waals surface area (Å²) >= 11 is 0. The molecule has 0 fully saturated rings. The molecule has 0 aliphatic rings. The molecule has 1 aromatic carbocycles. The first kappa shape index (κ1) is 13.8. The summed E-state index contributed by atoms with van der Waals surface area (Å²) in [6, 6.07) is 7.13. The van der Waals surface area contributed by atoms with E-state index >= 15 is 0 Å². The van der Waals surface area contributed by atoms with Crippen LogP contribution in [0.25, 0.3) is 0 Å². The zero-order valence-corrected chi connectivity index (χ0v) is 10.9. The van der Waals surface area contributed by atoms with Crippen molar-refractivity contribution in [2.45, 2.75) is 19.8 Å². The Labute approximate surface area is 115 Å². The van der Waals surface area contributed by atoms with Crippen LogP contribution in [0.5, 0.6) is 11.5 Å². The number of aliphatic carboxylic acids is 1. The molecule has 104 valence electrons. The van der Waals surface area contributed by atoms with Crippen LogP contribution in [-0.4, -0.2) is 21.0 Å². The molecular formula is C14H14N2O4. The van der Waals surface area contributed by atoms with Crippen LogP contribution in [0, 0.1) is 6.92 Å². The van der Waals surface area contributed by atoms with E-state index in [1.807, 2.05) is 12.1 Å². The zero-order chi connectivity index (χ0) is 14.5. The highest BCUT2D eigenvalue weighted by Crippen LogP contribution is 2.22. The predicted octanol–water partition coefficient (Wildman–Crippen LogP) is 1.89. The first-order valence-corrected chi connectivity index (χ1v) is 6.09. The second-order valence-corrected chi connectivity index (χ2v) is 4.32. The third kappa shape index (κ3) is 3.68. The Kier molecular flexibility index (Phi) is 4.14. The summed E-state index contributed by atoms with van der Waals surface area (Å²) in [7, 11) is 0. The molecule has 0 amide bonds. The number of hydrogen-bond donors (Lipinski definition) is 2. The fraction of sp³-hybridized carbons (Fsp3) is 0.214. The maximum Gasteiger partial charge on any atom is 0.345 e. The molecule has 0 aliphatic carbocycles. The Morgan fingerprint density at radius 1 is 1.35 bits per heavy atom. The summed E-state index contributed by atoms with van der Waals surface area (Å²) in [6.45, 7) is 1.72. The lowest BCUT2D eigenvalue weighted by Crippen LogP contribution is -2.11. The van der Waals surface area contributed by atoms with E-state index in [1.165, 1.54) is 6.20 Å². The number of carbonyl (C=O) groups is 1. The van der Waals surface area contributed by atoms with Gasteiger partial charge in [-0.2, -0.15) is 4.98 Å². The molecule has 0 saturated heterocycles. The first-order valence-electron chi connectivity index (χ1n) is 6.09. The normalized spacial score (nSPS) is 10.2. The van der Waals surface area contributed by atoms with Crippen LogP contribution in [0.15, 0.2) is 35.3 Å². The van der Waals surface area contributed by atoms with Crippen LogP contribution in [0.4, 0.5) is 0 Å². The summed E-state index contributed by atoms with van der Waals surface area (Å²) in [5.74, 6) is 0.254. The second-order valence-electron chi connectivity index (χ2n) is 4.32. The van der Waals surface area contributed by atoms with Gasteiger partial charge in [-0.3, -0.25) is 4.79 Å². The largest absolute Gasteiger partial charge is 0.481 e. The van der Waals surface area contributed by atoms with Crippen LogP contribution in [0.1, 0.15) is 17.7 Å². The number of carboxylic acid groups (broad SMARTS) is 1. The maximum absolute atomic E-state index is 11.0. The molecule has 0 spiro atoms. The SMILES string of the molecule is Cc1[nH]c(=O)ncc1Oc1ccc(CCC(=O)O)cc1. The Morgan fingerprint density at radius 3 is 2.65 bits per heavy atom. The van der Waals surface area contributed by atoms with Crippen LogP contribution in [0.2, 0.25) is 0 Å². The molecule has 0 radical (unpaired) electrons. The number of aromatic nitrogens is 2. The Bertz CT molecular complexity index is 662. The van der Waals surface area contributed by atoms with Gasteiger partial charge in [0.05, 0.1) is 11.9 Å². The standard InChI is InChI=1S/C14H14N2O4/c1-9-12(8-15-14(19)16-9)20-11-5-2-10(3-6-11)4-7-13(17)18/h2-3,5-6,8H,4,7H2,1H3,(H,17,18)(H,15,16,19). The van der Waals surface area contributed by atoms with E-state index in [2.05, 4.69) is 9.97 Å². The van der Waals surface area contributed by atoms with Crippen LogP contribution >= 0.6 is 0 Å². The minimum Gasteiger partial charge on any atom is -0.481 e. The number of nitrogens with one attached hydrogen (secondary N) is 1. The van der Waals surface area contributed by atoms with Crippen molar-refractivity contribution in [2.75, 3.05) is 0 Å². The van der Waals surface area contributed by atoms with Crippen LogP contribution in [-0.2, 0) is 11.2 Å². The van der Waals surface area contributed by atoms with Gasteiger partial charge in [0.25, 0.3) is 0 Å². The molecule has 0 aliphatic heterocycles. The van der Waals surface area contributed by atoms with Gasteiger partial charge in [-0.05, 0) is 31.0 Å². The van der Waals surface area contributed by atoms with E-state index in [-0.39, 0.29) is 6.42 Å². The van der Waals surface area contributed by atoms with Crippen molar-refractivity contribution >= 4 is 5.97 Å². The Hall–Kier alpha value is -2.63. The molecule has 0 unspecified atom stereocenters. The minimum absolute atomic E-state index is 0.100. The molecule has 0 saturated carbocycles. The van der Waals surface area contributed by atoms with Gasteiger partial charge in [0.1, 0.15) is 5.75 Å². The van der Waals surface area contributed by atoms with Crippen molar-refractivity contribution in [2.24, 2.45) is 0 Å². The van der Waals surface area contributed by atoms with Gasteiger partial charge in [0, 0.05) is 6.42 Å². The van der Waals surface area contributed by atoms with E-state index < -0.39 is 11.7 Å². The van der Waals surface area contributed by atoms with Crippen molar-refractivity contribution in [1.82, 2.24) is 9.97 Å². The lowest BCUT2D eigenvalue weighted by molar-refractivity contribution is -0.136. The zero-order valence-electron chi connectivity index (χ0n) is 10.9. The molecule has 6 nitrogen and oxygen atoms in total. The van der Waals surface area contributed by atoms with Gasteiger partial charge in [-0.25, -0.2) is 4.79 Å². The third-order valence-electron chi connectivity index (χ3n) is 2.74. The van der Waals surface area contributed by atoms with Gasteiger partial charge in [-0.1, -0.05) is 12.1 Å². The molecule has 6 heteroatoms. The molecule has 2 N–H and O–H groups in total. The molecule has 1 heterocycles. The van der Waals surface area contributed by atoms with Crippen molar-refractivity contribution in [3.8, 4) is 11.5 Å².